The molecule has 2 atom stereocenters. The van der Waals surface area contributed by atoms with E-state index in [-0.39, 0.29) is 12.4 Å². The second kappa shape index (κ2) is 10.1. The van der Waals surface area contributed by atoms with Crippen molar-refractivity contribution in [2.75, 3.05) is 32.1 Å². The predicted molar refractivity (Wildman–Crippen MR) is 92.3 cm³/mol. The number of hydrogen-bond acceptors (Lipinski definition) is 6. The van der Waals surface area contributed by atoms with Crippen LogP contribution in [0.15, 0.2) is 6.20 Å². The molecule has 2 saturated heterocycles. The maximum atomic E-state index is 13.3. The lowest BCUT2D eigenvalue weighted by atomic mass is 9.82. The molecule has 0 spiro atoms. The van der Waals surface area contributed by atoms with Crippen molar-refractivity contribution in [3.63, 3.8) is 0 Å². The number of halogens is 1. The zero-order chi connectivity index (χ0) is 18.1. The summed E-state index contributed by atoms with van der Waals surface area (Å²) < 4.78 is 18.2. The zero-order valence-electron chi connectivity index (χ0n) is 14.7. The third-order valence-corrected chi connectivity index (χ3v) is 4.93. The van der Waals surface area contributed by atoms with Crippen molar-refractivity contribution in [2.24, 2.45) is 5.92 Å². The SMILES string of the molecule is COc1nc(NCC[C@@H]2CCCN3CCCC[C@H]23)ncc1F.O=CO. The Morgan fingerprint density at radius 2 is 2.16 bits per heavy atom. The van der Waals surface area contributed by atoms with Crippen LogP contribution < -0.4 is 10.1 Å². The minimum Gasteiger partial charge on any atom is -0.483 e. The van der Waals surface area contributed by atoms with Crippen LogP contribution in [0.25, 0.3) is 0 Å². The highest BCUT2D eigenvalue weighted by Gasteiger charge is 2.32. The van der Waals surface area contributed by atoms with Crippen molar-refractivity contribution in [1.29, 1.82) is 0 Å². The fourth-order valence-electron chi connectivity index (χ4n) is 3.86. The molecule has 8 heteroatoms. The molecule has 25 heavy (non-hydrogen) atoms. The molecule has 0 amide bonds. The Balaban J connectivity index is 0.000000701. The number of carboxylic acid groups (broad SMARTS) is 1. The van der Waals surface area contributed by atoms with Gasteiger partial charge in [0.25, 0.3) is 12.4 Å². The van der Waals surface area contributed by atoms with Gasteiger partial charge in [-0.2, -0.15) is 9.37 Å². The first-order valence-electron chi connectivity index (χ1n) is 8.82. The maximum Gasteiger partial charge on any atom is 0.290 e. The lowest BCUT2D eigenvalue weighted by Gasteiger charge is -2.44. The second-order valence-electron chi connectivity index (χ2n) is 6.37. The van der Waals surface area contributed by atoms with E-state index in [1.54, 1.807) is 0 Å². The van der Waals surface area contributed by atoms with E-state index >= 15 is 0 Å². The third kappa shape index (κ3) is 5.52. The Morgan fingerprint density at radius 3 is 2.92 bits per heavy atom. The first kappa shape index (κ1) is 19.4. The molecule has 0 radical (unpaired) electrons. The van der Waals surface area contributed by atoms with Gasteiger partial charge in [0.2, 0.25) is 11.8 Å². The Labute approximate surface area is 147 Å². The van der Waals surface area contributed by atoms with Crippen LogP contribution >= 0.6 is 0 Å². The highest BCUT2D eigenvalue weighted by Crippen LogP contribution is 2.32. The first-order valence-corrected chi connectivity index (χ1v) is 8.82. The van der Waals surface area contributed by atoms with Crippen LogP contribution in [0.2, 0.25) is 0 Å². The molecule has 1 aromatic rings. The van der Waals surface area contributed by atoms with E-state index in [0.29, 0.717) is 5.95 Å². The van der Waals surface area contributed by atoms with Gasteiger partial charge < -0.3 is 20.1 Å². The van der Waals surface area contributed by atoms with Crippen LogP contribution in [0.1, 0.15) is 38.5 Å². The molecule has 0 unspecified atom stereocenters. The zero-order valence-corrected chi connectivity index (χ0v) is 14.7. The number of aromatic nitrogens is 2. The highest BCUT2D eigenvalue weighted by molar-refractivity contribution is 5.32. The quantitative estimate of drug-likeness (QED) is 0.785. The number of hydrogen-bond donors (Lipinski definition) is 2. The summed E-state index contributed by atoms with van der Waals surface area (Å²) in [7, 11) is 1.41. The van der Waals surface area contributed by atoms with Gasteiger partial charge in [-0.05, 0) is 51.1 Å². The van der Waals surface area contributed by atoms with Gasteiger partial charge in [-0.1, -0.05) is 6.42 Å². The van der Waals surface area contributed by atoms with Gasteiger partial charge in [-0.15, -0.1) is 0 Å². The number of anilines is 1. The van der Waals surface area contributed by atoms with E-state index in [2.05, 4.69) is 20.2 Å². The molecule has 0 bridgehead atoms. The van der Waals surface area contributed by atoms with Gasteiger partial charge in [-0.25, -0.2) is 4.98 Å². The summed E-state index contributed by atoms with van der Waals surface area (Å²) in [5, 5.41) is 10.1. The third-order valence-electron chi connectivity index (χ3n) is 4.93. The molecule has 2 aliphatic rings. The molecule has 2 N–H and O–H groups in total. The molecule has 140 valence electrons. The summed E-state index contributed by atoms with van der Waals surface area (Å²) in [6.45, 7) is 3.11. The summed E-state index contributed by atoms with van der Waals surface area (Å²) in [5.41, 5.74) is 0. The van der Waals surface area contributed by atoms with Crippen LogP contribution in [0.4, 0.5) is 10.3 Å². The van der Waals surface area contributed by atoms with Crippen molar-refractivity contribution in [2.45, 2.75) is 44.6 Å². The van der Waals surface area contributed by atoms with Crippen molar-refractivity contribution < 1.29 is 19.0 Å². The monoisotopic (exact) mass is 354 g/mol. The normalized spacial score (nSPS) is 23.0. The molecule has 2 fully saturated rings. The van der Waals surface area contributed by atoms with Crippen LogP contribution in [0.3, 0.4) is 0 Å². The van der Waals surface area contributed by atoms with Crippen LogP contribution in [0.5, 0.6) is 5.88 Å². The van der Waals surface area contributed by atoms with Gasteiger partial charge in [0.05, 0.1) is 13.3 Å². The van der Waals surface area contributed by atoms with Gasteiger partial charge in [0, 0.05) is 12.6 Å². The number of ether oxygens (including phenoxy) is 1. The standard InChI is InChI=1S/C16H25FN4O.CH2O2/c1-22-15-13(17)11-19-16(20-15)18-8-7-12-5-4-10-21-9-3-2-6-14(12)21;2-1-3/h11-12,14H,2-10H2,1H3,(H,18,19,20);1H,(H,2,3)/t12-,14+;/m0./s1. The second-order valence-corrected chi connectivity index (χ2v) is 6.37. The molecular formula is C17H27FN4O3. The predicted octanol–water partition coefficient (Wildman–Crippen LogP) is 2.39. The van der Waals surface area contributed by atoms with E-state index < -0.39 is 5.82 Å². The van der Waals surface area contributed by atoms with Gasteiger partial charge in [-0.3, -0.25) is 4.79 Å². The largest absolute Gasteiger partial charge is 0.483 e. The van der Waals surface area contributed by atoms with Crippen molar-refractivity contribution >= 4 is 12.4 Å². The topological polar surface area (TPSA) is 87.6 Å². The summed E-state index contributed by atoms with van der Waals surface area (Å²) in [6.07, 6.45) is 8.94. The number of nitrogens with one attached hydrogen (secondary N) is 1. The minimum absolute atomic E-state index is 0.00591. The van der Waals surface area contributed by atoms with Crippen molar-refractivity contribution in [1.82, 2.24) is 14.9 Å². The Morgan fingerprint density at radius 1 is 1.40 bits per heavy atom. The number of methoxy groups -OCH3 is 1. The molecule has 0 aliphatic carbocycles. The van der Waals surface area contributed by atoms with Gasteiger partial charge >= 0.3 is 0 Å². The molecule has 2 aliphatic heterocycles. The number of nitrogens with zero attached hydrogens (tertiary/aromatic N) is 3. The van der Waals surface area contributed by atoms with Crippen LogP contribution in [-0.2, 0) is 4.79 Å². The summed E-state index contributed by atoms with van der Waals surface area (Å²) in [6, 6.07) is 0.757. The molecule has 0 aromatic carbocycles. The Kier molecular flexibility index (Phi) is 7.84. The van der Waals surface area contributed by atoms with E-state index in [1.807, 2.05) is 0 Å². The van der Waals surface area contributed by atoms with E-state index in [4.69, 9.17) is 14.6 Å². The van der Waals surface area contributed by atoms with Gasteiger partial charge in [0.15, 0.2) is 0 Å². The fraction of sp³-hybridized carbons (Fsp3) is 0.706. The Hall–Kier alpha value is -1.96. The van der Waals surface area contributed by atoms with E-state index in [9.17, 15) is 4.39 Å². The lowest BCUT2D eigenvalue weighted by Crippen LogP contribution is -2.48. The summed E-state index contributed by atoms with van der Waals surface area (Å²) >= 11 is 0. The number of carbonyl (C=O) groups is 1. The fourth-order valence-corrected chi connectivity index (χ4v) is 3.86. The van der Waals surface area contributed by atoms with E-state index in [1.165, 1.54) is 52.3 Å². The smallest absolute Gasteiger partial charge is 0.290 e. The van der Waals surface area contributed by atoms with Crippen molar-refractivity contribution in [3.05, 3.63) is 12.0 Å². The molecular weight excluding hydrogens is 327 g/mol. The Bertz CT molecular complexity index is 545. The molecule has 3 rings (SSSR count). The average molecular weight is 354 g/mol. The first-order chi connectivity index (χ1) is 12.2. The summed E-state index contributed by atoms with van der Waals surface area (Å²) in [4.78, 5) is 19.0. The molecule has 0 saturated carbocycles. The molecule has 3 heterocycles. The minimum atomic E-state index is -0.529. The van der Waals surface area contributed by atoms with Crippen LogP contribution in [-0.4, -0.2) is 59.2 Å². The summed E-state index contributed by atoms with van der Waals surface area (Å²) in [5.74, 6) is 0.658. The average Bonchev–Trinajstić information content (AvgIpc) is 2.64. The van der Waals surface area contributed by atoms with Crippen molar-refractivity contribution in [3.8, 4) is 5.88 Å². The van der Waals surface area contributed by atoms with Gasteiger partial charge in [0.1, 0.15) is 0 Å². The van der Waals surface area contributed by atoms with E-state index in [0.717, 1.165) is 31.1 Å². The maximum absolute atomic E-state index is 13.3. The number of rotatable bonds is 5. The molecule has 7 nitrogen and oxygen atoms in total. The number of fused-ring (bicyclic) bond motifs is 1. The van der Waals surface area contributed by atoms with Crippen LogP contribution in [0, 0.1) is 11.7 Å². The highest BCUT2D eigenvalue weighted by atomic mass is 19.1. The lowest BCUT2D eigenvalue weighted by molar-refractivity contribution is -0.122. The molecule has 1 aromatic heterocycles. The number of piperidine rings is 2.